The van der Waals surface area contributed by atoms with Gasteiger partial charge in [-0.3, -0.25) is 0 Å². The molecule has 1 saturated heterocycles. The van der Waals surface area contributed by atoms with Crippen LogP contribution in [0.25, 0.3) is 0 Å². The molecular weight excluding hydrogens is 244 g/mol. The molecule has 0 amide bonds. The Kier molecular flexibility index (Phi) is 2.91. The van der Waals surface area contributed by atoms with Gasteiger partial charge in [0, 0.05) is 0 Å². The van der Waals surface area contributed by atoms with Crippen molar-refractivity contribution < 1.29 is 4.74 Å². The van der Waals surface area contributed by atoms with Gasteiger partial charge in [0.2, 0.25) is 0 Å². The van der Waals surface area contributed by atoms with Crippen LogP contribution in [0.4, 0.5) is 0 Å². The predicted octanol–water partition coefficient (Wildman–Crippen LogP) is 4.82. The largest absolute Gasteiger partial charge is 0.381 e. The van der Waals surface area contributed by atoms with E-state index >= 15 is 0 Å². The summed E-state index contributed by atoms with van der Waals surface area (Å²) in [7, 11) is 0. The molecule has 20 heavy (non-hydrogen) atoms. The third kappa shape index (κ3) is 1.65. The van der Waals surface area contributed by atoms with E-state index in [0.717, 1.165) is 36.9 Å². The molecule has 3 fully saturated rings. The average Bonchev–Trinajstić information content (AvgIpc) is 2.81. The zero-order valence-electron chi connectivity index (χ0n) is 13.5. The number of fused-ring (bicyclic) bond motifs is 5. The fraction of sp³-hybridized carbons (Fsp3) is 0.895. The van der Waals surface area contributed by atoms with Crippen molar-refractivity contribution in [1.82, 2.24) is 0 Å². The Hall–Kier alpha value is -0.300. The molecule has 112 valence electrons. The molecule has 0 aromatic rings. The van der Waals surface area contributed by atoms with Crippen LogP contribution in [-0.2, 0) is 4.74 Å². The minimum absolute atomic E-state index is 0.488. The molecular formula is C19H30O. The first-order valence-electron chi connectivity index (χ1n) is 8.82. The molecule has 0 aromatic heterocycles. The molecule has 4 aliphatic rings. The van der Waals surface area contributed by atoms with Crippen LogP contribution in [0.5, 0.6) is 0 Å². The van der Waals surface area contributed by atoms with Crippen LogP contribution in [0.3, 0.4) is 0 Å². The highest BCUT2D eigenvalue weighted by Gasteiger charge is 2.58. The van der Waals surface area contributed by atoms with Gasteiger partial charge in [-0.1, -0.05) is 32.4 Å². The molecule has 1 heterocycles. The Morgan fingerprint density at radius 1 is 1.20 bits per heavy atom. The van der Waals surface area contributed by atoms with Gasteiger partial charge in [0.1, 0.15) is 0 Å². The summed E-state index contributed by atoms with van der Waals surface area (Å²) < 4.78 is 5.95. The van der Waals surface area contributed by atoms with Gasteiger partial charge in [0.05, 0.1) is 13.2 Å². The summed E-state index contributed by atoms with van der Waals surface area (Å²) in [4.78, 5) is 0. The lowest BCUT2D eigenvalue weighted by Crippen LogP contribution is -2.52. The Balaban J connectivity index is 1.73. The normalized spacial score (nSPS) is 54.6. The van der Waals surface area contributed by atoms with Gasteiger partial charge in [-0.25, -0.2) is 0 Å². The van der Waals surface area contributed by atoms with E-state index in [2.05, 4.69) is 26.8 Å². The highest BCUT2D eigenvalue weighted by Crippen LogP contribution is 2.64. The van der Waals surface area contributed by atoms with Crippen LogP contribution in [-0.4, -0.2) is 13.2 Å². The molecule has 1 heteroatoms. The van der Waals surface area contributed by atoms with E-state index in [1.54, 1.807) is 0 Å². The molecule has 3 aliphatic carbocycles. The maximum Gasteiger partial charge on any atom is 0.0523 e. The van der Waals surface area contributed by atoms with Crippen molar-refractivity contribution in [2.75, 3.05) is 13.2 Å². The maximum atomic E-state index is 5.95. The summed E-state index contributed by atoms with van der Waals surface area (Å²) in [5.74, 6) is 3.54. The second-order valence-corrected chi connectivity index (χ2v) is 8.72. The zero-order valence-corrected chi connectivity index (χ0v) is 13.5. The monoisotopic (exact) mass is 274 g/mol. The molecule has 0 bridgehead atoms. The fourth-order valence-electron chi connectivity index (χ4n) is 6.42. The van der Waals surface area contributed by atoms with Crippen LogP contribution in [0.15, 0.2) is 11.6 Å². The molecule has 0 N–H and O–H groups in total. The van der Waals surface area contributed by atoms with E-state index in [1.807, 2.05) is 5.57 Å². The van der Waals surface area contributed by atoms with Crippen molar-refractivity contribution in [3.8, 4) is 0 Å². The van der Waals surface area contributed by atoms with Crippen molar-refractivity contribution in [1.29, 1.82) is 0 Å². The molecule has 2 saturated carbocycles. The highest BCUT2D eigenvalue weighted by molar-refractivity contribution is 5.24. The van der Waals surface area contributed by atoms with Gasteiger partial charge in [-0.15, -0.1) is 0 Å². The van der Waals surface area contributed by atoms with Crippen LogP contribution in [0.1, 0.15) is 59.3 Å². The van der Waals surface area contributed by atoms with E-state index in [9.17, 15) is 0 Å². The van der Waals surface area contributed by atoms with Gasteiger partial charge < -0.3 is 4.74 Å². The molecule has 1 aliphatic heterocycles. The zero-order chi connectivity index (χ0) is 14.0. The van der Waals surface area contributed by atoms with Crippen molar-refractivity contribution in [2.24, 2.45) is 34.5 Å². The topological polar surface area (TPSA) is 9.23 Å². The van der Waals surface area contributed by atoms with Crippen molar-refractivity contribution in [3.05, 3.63) is 11.6 Å². The van der Waals surface area contributed by atoms with Gasteiger partial charge >= 0.3 is 0 Å². The Morgan fingerprint density at radius 2 is 2.05 bits per heavy atom. The average molecular weight is 274 g/mol. The third-order valence-corrected chi connectivity index (χ3v) is 7.62. The van der Waals surface area contributed by atoms with E-state index in [0.29, 0.717) is 10.8 Å². The number of rotatable bonds is 0. The summed E-state index contributed by atoms with van der Waals surface area (Å²) in [5.41, 5.74) is 2.83. The van der Waals surface area contributed by atoms with Crippen molar-refractivity contribution in [3.63, 3.8) is 0 Å². The summed E-state index contributed by atoms with van der Waals surface area (Å²) >= 11 is 0. The van der Waals surface area contributed by atoms with Gasteiger partial charge in [-0.05, 0) is 73.0 Å². The first-order valence-corrected chi connectivity index (χ1v) is 8.82. The molecule has 6 atom stereocenters. The lowest BCUT2D eigenvalue weighted by Gasteiger charge is -2.59. The highest BCUT2D eigenvalue weighted by atomic mass is 16.5. The first kappa shape index (κ1) is 13.4. The summed E-state index contributed by atoms with van der Waals surface area (Å²) in [6.45, 7) is 9.68. The van der Waals surface area contributed by atoms with Crippen LogP contribution >= 0.6 is 0 Å². The summed E-state index contributed by atoms with van der Waals surface area (Å²) in [6.07, 6.45) is 11.0. The second-order valence-electron chi connectivity index (χ2n) is 8.72. The van der Waals surface area contributed by atoms with Crippen LogP contribution < -0.4 is 0 Å². The van der Waals surface area contributed by atoms with Crippen LogP contribution in [0.2, 0.25) is 0 Å². The van der Waals surface area contributed by atoms with Crippen molar-refractivity contribution in [2.45, 2.75) is 59.3 Å². The Bertz CT molecular complexity index is 439. The molecule has 4 rings (SSSR count). The van der Waals surface area contributed by atoms with Gasteiger partial charge in [0.15, 0.2) is 0 Å². The number of hydrogen-bond acceptors (Lipinski definition) is 1. The minimum Gasteiger partial charge on any atom is -0.381 e. The number of hydrogen-bond donors (Lipinski definition) is 0. The Labute approximate surface area is 124 Å². The standard InChI is InChI=1S/C19H30O/c1-13-10-14-6-4-5-8-19(14,3)15-7-9-18(2)12-20-11-16(18)17(13)15/h6,13,15-17H,4-5,7-12H2,1-3H3/t13-,15+,16+,17-,18-,19+/m1/s1. The van der Waals surface area contributed by atoms with Crippen LogP contribution in [0, 0.1) is 34.5 Å². The smallest absolute Gasteiger partial charge is 0.0523 e. The van der Waals surface area contributed by atoms with E-state index < -0.39 is 0 Å². The fourth-order valence-corrected chi connectivity index (χ4v) is 6.42. The quantitative estimate of drug-likeness (QED) is 0.575. The number of allylic oxidation sites excluding steroid dienone is 2. The van der Waals surface area contributed by atoms with Crippen molar-refractivity contribution >= 4 is 0 Å². The van der Waals surface area contributed by atoms with E-state index in [4.69, 9.17) is 4.74 Å². The van der Waals surface area contributed by atoms with E-state index in [-0.39, 0.29) is 0 Å². The SMILES string of the molecule is C[C@@H]1CC2=CCCC[C@]2(C)[C@H]2CC[C@]3(C)COC[C@H]3[C@H]12. The van der Waals surface area contributed by atoms with Gasteiger partial charge in [-0.2, -0.15) is 0 Å². The second kappa shape index (κ2) is 4.35. The maximum absolute atomic E-state index is 5.95. The summed E-state index contributed by atoms with van der Waals surface area (Å²) in [6, 6.07) is 0. The molecule has 0 unspecified atom stereocenters. The number of ether oxygens (including phenoxy) is 1. The molecule has 0 radical (unpaired) electrons. The van der Waals surface area contributed by atoms with E-state index in [1.165, 1.54) is 38.5 Å². The first-order chi connectivity index (χ1) is 9.55. The minimum atomic E-state index is 0.488. The summed E-state index contributed by atoms with van der Waals surface area (Å²) in [5, 5.41) is 0. The predicted molar refractivity (Wildman–Crippen MR) is 82.5 cm³/mol. The lowest BCUT2D eigenvalue weighted by molar-refractivity contribution is -0.0541. The third-order valence-electron chi connectivity index (χ3n) is 7.62. The molecule has 1 nitrogen and oxygen atoms in total. The lowest BCUT2D eigenvalue weighted by atomic mass is 9.45. The Morgan fingerprint density at radius 3 is 2.90 bits per heavy atom. The molecule has 0 aromatic carbocycles. The molecule has 0 spiro atoms. The van der Waals surface area contributed by atoms with Gasteiger partial charge in [0.25, 0.3) is 0 Å².